The number of benzene rings is 2. The molecule has 1 saturated heterocycles. The van der Waals surface area contributed by atoms with Crippen LogP contribution in [0.5, 0.6) is 11.5 Å². The number of carboxylic acids is 2. The molecular formula is C20H23FN2O6. The third-order valence-electron chi connectivity index (χ3n) is 4.40. The maximum absolute atomic E-state index is 13.0. The second-order valence-corrected chi connectivity index (χ2v) is 6.36. The fraction of sp³-hybridized carbons (Fsp3) is 0.300. The largest absolute Gasteiger partial charge is 0.504 e. The van der Waals surface area contributed by atoms with Crippen LogP contribution in [0.15, 0.2) is 42.5 Å². The Morgan fingerprint density at radius 3 is 2.10 bits per heavy atom. The van der Waals surface area contributed by atoms with Gasteiger partial charge in [0, 0.05) is 38.4 Å². The summed E-state index contributed by atoms with van der Waals surface area (Å²) in [5.74, 6) is -3.18. The van der Waals surface area contributed by atoms with Crippen LogP contribution in [0, 0.1) is 5.82 Å². The highest BCUT2D eigenvalue weighted by molar-refractivity contribution is 6.27. The minimum absolute atomic E-state index is 0.164. The van der Waals surface area contributed by atoms with Gasteiger partial charge in [0.1, 0.15) is 5.82 Å². The third-order valence-corrected chi connectivity index (χ3v) is 4.40. The van der Waals surface area contributed by atoms with Crippen molar-refractivity contribution in [1.29, 1.82) is 0 Å². The van der Waals surface area contributed by atoms with Crippen molar-refractivity contribution >= 4 is 17.6 Å². The van der Waals surface area contributed by atoms with E-state index in [-0.39, 0.29) is 11.6 Å². The van der Waals surface area contributed by atoms with Gasteiger partial charge in [-0.15, -0.1) is 0 Å². The number of phenols is 1. The van der Waals surface area contributed by atoms with Crippen LogP contribution in [0.1, 0.15) is 5.56 Å². The van der Waals surface area contributed by atoms with Crippen LogP contribution in [0.3, 0.4) is 0 Å². The summed E-state index contributed by atoms with van der Waals surface area (Å²) >= 11 is 0. The van der Waals surface area contributed by atoms with E-state index in [0.717, 1.165) is 44.0 Å². The van der Waals surface area contributed by atoms with Crippen molar-refractivity contribution in [2.24, 2.45) is 0 Å². The van der Waals surface area contributed by atoms with E-state index in [1.165, 1.54) is 12.1 Å². The monoisotopic (exact) mass is 406 g/mol. The standard InChI is InChI=1S/C18H21FN2O2.C2H2O4/c1-23-18-12-14(2-7-17(18)22)13-20-8-10-21(11-9-20)16-5-3-15(19)4-6-16;3-1(4)2(5)6/h2-7,12,22H,8-11,13H2,1H3;(H,3,4)(H,5,6). The van der Waals surface area contributed by atoms with E-state index in [2.05, 4.69) is 9.80 Å². The molecule has 156 valence electrons. The summed E-state index contributed by atoms with van der Waals surface area (Å²) in [6.07, 6.45) is 0. The zero-order chi connectivity index (χ0) is 21.4. The fourth-order valence-corrected chi connectivity index (χ4v) is 2.89. The number of methoxy groups -OCH3 is 1. The zero-order valence-corrected chi connectivity index (χ0v) is 15.9. The first kappa shape index (κ1) is 22.0. The molecule has 2 aromatic rings. The Labute approximate surface area is 167 Å². The molecule has 3 rings (SSSR count). The van der Waals surface area contributed by atoms with Gasteiger partial charge < -0.3 is 25.0 Å². The number of carbonyl (C=O) groups is 2. The van der Waals surface area contributed by atoms with Crippen LogP contribution < -0.4 is 9.64 Å². The van der Waals surface area contributed by atoms with Crippen molar-refractivity contribution in [3.05, 3.63) is 53.8 Å². The van der Waals surface area contributed by atoms with Gasteiger partial charge in [-0.2, -0.15) is 0 Å². The molecule has 0 saturated carbocycles. The van der Waals surface area contributed by atoms with Crippen molar-refractivity contribution in [2.75, 3.05) is 38.2 Å². The average Bonchev–Trinajstić information content (AvgIpc) is 2.71. The number of nitrogens with zero attached hydrogens (tertiary/aromatic N) is 2. The highest BCUT2D eigenvalue weighted by atomic mass is 19.1. The number of phenolic OH excluding ortho intramolecular Hbond substituents is 1. The van der Waals surface area contributed by atoms with Crippen molar-refractivity contribution in [3.63, 3.8) is 0 Å². The fourth-order valence-electron chi connectivity index (χ4n) is 2.89. The van der Waals surface area contributed by atoms with Crippen molar-refractivity contribution in [1.82, 2.24) is 4.90 Å². The average molecular weight is 406 g/mol. The molecule has 29 heavy (non-hydrogen) atoms. The molecule has 0 aliphatic carbocycles. The molecule has 0 bridgehead atoms. The van der Waals surface area contributed by atoms with Crippen LogP contribution in [0.25, 0.3) is 0 Å². The van der Waals surface area contributed by atoms with E-state index in [4.69, 9.17) is 24.5 Å². The van der Waals surface area contributed by atoms with E-state index in [1.54, 1.807) is 13.2 Å². The molecular weight excluding hydrogens is 383 g/mol. The van der Waals surface area contributed by atoms with Gasteiger partial charge in [0.25, 0.3) is 0 Å². The molecule has 1 fully saturated rings. The smallest absolute Gasteiger partial charge is 0.414 e. The molecule has 0 spiro atoms. The lowest BCUT2D eigenvalue weighted by atomic mass is 10.1. The predicted octanol–water partition coefficient (Wildman–Crippen LogP) is 2.02. The van der Waals surface area contributed by atoms with Gasteiger partial charge >= 0.3 is 11.9 Å². The number of hydrogen-bond acceptors (Lipinski definition) is 6. The van der Waals surface area contributed by atoms with Gasteiger partial charge in [0.15, 0.2) is 11.5 Å². The SMILES string of the molecule is COc1cc(CN2CCN(c3ccc(F)cc3)CC2)ccc1O.O=C(O)C(=O)O. The van der Waals surface area contributed by atoms with E-state index in [9.17, 15) is 9.50 Å². The minimum atomic E-state index is -1.82. The first-order valence-corrected chi connectivity index (χ1v) is 8.85. The van der Waals surface area contributed by atoms with E-state index >= 15 is 0 Å². The number of aromatic hydroxyl groups is 1. The van der Waals surface area contributed by atoms with Crippen molar-refractivity contribution in [3.8, 4) is 11.5 Å². The maximum Gasteiger partial charge on any atom is 0.414 e. The molecule has 9 heteroatoms. The summed E-state index contributed by atoms with van der Waals surface area (Å²) in [6, 6.07) is 12.1. The topological polar surface area (TPSA) is 111 Å². The summed E-state index contributed by atoms with van der Waals surface area (Å²) in [4.78, 5) is 22.8. The molecule has 3 N–H and O–H groups in total. The van der Waals surface area contributed by atoms with Crippen LogP contribution in [-0.4, -0.2) is 65.4 Å². The number of carboxylic acid groups (broad SMARTS) is 2. The van der Waals surface area contributed by atoms with Gasteiger partial charge in [-0.05, 0) is 42.0 Å². The molecule has 8 nitrogen and oxygen atoms in total. The number of halogens is 1. The normalized spacial score (nSPS) is 13.9. The number of rotatable bonds is 4. The zero-order valence-electron chi connectivity index (χ0n) is 15.9. The second kappa shape index (κ2) is 10.3. The maximum atomic E-state index is 13.0. The molecule has 0 atom stereocenters. The number of aliphatic carboxylic acids is 2. The Bertz CT molecular complexity index is 823. The first-order chi connectivity index (χ1) is 13.8. The van der Waals surface area contributed by atoms with Crippen LogP contribution in [0.2, 0.25) is 0 Å². The lowest BCUT2D eigenvalue weighted by Gasteiger charge is -2.36. The summed E-state index contributed by atoms with van der Waals surface area (Å²) in [5, 5.41) is 24.4. The summed E-state index contributed by atoms with van der Waals surface area (Å²) < 4.78 is 18.1. The Morgan fingerprint density at radius 2 is 1.59 bits per heavy atom. The molecule has 1 heterocycles. The van der Waals surface area contributed by atoms with Gasteiger partial charge in [-0.1, -0.05) is 6.07 Å². The van der Waals surface area contributed by atoms with Crippen LogP contribution >= 0.6 is 0 Å². The Hall–Kier alpha value is -3.33. The quantitative estimate of drug-likeness (QED) is 0.662. The molecule has 0 radical (unpaired) electrons. The summed E-state index contributed by atoms with van der Waals surface area (Å²) in [6.45, 7) is 4.55. The van der Waals surface area contributed by atoms with Crippen molar-refractivity contribution in [2.45, 2.75) is 6.54 Å². The van der Waals surface area contributed by atoms with Gasteiger partial charge in [-0.25, -0.2) is 14.0 Å². The van der Waals surface area contributed by atoms with Crippen LogP contribution in [-0.2, 0) is 16.1 Å². The number of ether oxygens (including phenoxy) is 1. The molecule has 0 amide bonds. The van der Waals surface area contributed by atoms with E-state index < -0.39 is 11.9 Å². The van der Waals surface area contributed by atoms with Gasteiger partial charge in [0.05, 0.1) is 7.11 Å². The summed E-state index contributed by atoms with van der Waals surface area (Å²) in [7, 11) is 1.56. The number of piperazine rings is 1. The Kier molecular flexibility index (Phi) is 7.79. The number of hydrogen-bond donors (Lipinski definition) is 3. The first-order valence-electron chi connectivity index (χ1n) is 8.85. The molecule has 1 aliphatic heterocycles. The Morgan fingerprint density at radius 1 is 1.00 bits per heavy atom. The highest BCUT2D eigenvalue weighted by Gasteiger charge is 2.17. The molecule has 1 aliphatic rings. The highest BCUT2D eigenvalue weighted by Crippen LogP contribution is 2.27. The minimum Gasteiger partial charge on any atom is -0.504 e. The summed E-state index contributed by atoms with van der Waals surface area (Å²) in [5.41, 5.74) is 2.19. The van der Waals surface area contributed by atoms with Gasteiger partial charge in [0.2, 0.25) is 0 Å². The molecule has 2 aromatic carbocycles. The second-order valence-electron chi connectivity index (χ2n) is 6.36. The predicted molar refractivity (Wildman–Crippen MR) is 104 cm³/mol. The lowest BCUT2D eigenvalue weighted by Crippen LogP contribution is -2.45. The van der Waals surface area contributed by atoms with E-state index in [0.29, 0.717) is 5.75 Å². The van der Waals surface area contributed by atoms with Crippen molar-refractivity contribution < 1.29 is 34.0 Å². The molecule has 0 aromatic heterocycles. The number of anilines is 1. The lowest BCUT2D eigenvalue weighted by molar-refractivity contribution is -0.159. The van der Waals surface area contributed by atoms with Gasteiger partial charge in [-0.3, -0.25) is 4.90 Å². The molecule has 0 unspecified atom stereocenters. The van der Waals surface area contributed by atoms with Crippen LogP contribution in [0.4, 0.5) is 10.1 Å². The van der Waals surface area contributed by atoms with E-state index in [1.807, 2.05) is 24.3 Å². The third kappa shape index (κ3) is 6.65. The Balaban J connectivity index is 0.000000438.